The van der Waals surface area contributed by atoms with Crippen molar-refractivity contribution in [1.82, 2.24) is 4.90 Å². The molecule has 0 aromatic heterocycles. The topological polar surface area (TPSA) is 76.2 Å². The Morgan fingerprint density at radius 1 is 1.07 bits per heavy atom. The highest BCUT2D eigenvalue weighted by Gasteiger charge is 2.23. The van der Waals surface area contributed by atoms with Gasteiger partial charge in [0.25, 0.3) is 0 Å². The lowest BCUT2D eigenvalue weighted by Crippen LogP contribution is -2.37. The second kappa shape index (κ2) is 8.55. The lowest BCUT2D eigenvalue weighted by molar-refractivity contribution is -0.132. The van der Waals surface area contributed by atoms with E-state index in [0.29, 0.717) is 56.3 Å². The molecule has 0 bridgehead atoms. The Bertz CT molecular complexity index is 1040. The summed E-state index contributed by atoms with van der Waals surface area (Å²) in [7, 11) is -3.50. The molecule has 7 nitrogen and oxygen atoms in total. The van der Waals surface area contributed by atoms with E-state index in [1.807, 2.05) is 17.0 Å². The van der Waals surface area contributed by atoms with Crippen molar-refractivity contribution in [1.29, 1.82) is 0 Å². The number of sulfonamides is 1. The van der Waals surface area contributed by atoms with E-state index in [-0.39, 0.29) is 12.5 Å². The third-order valence-corrected chi connectivity index (χ3v) is 6.64. The van der Waals surface area contributed by atoms with Gasteiger partial charge in [0, 0.05) is 32.1 Å². The van der Waals surface area contributed by atoms with E-state index in [1.165, 1.54) is 21.7 Å². The molecule has 1 amide bonds. The fourth-order valence-electron chi connectivity index (χ4n) is 3.91. The van der Waals surface area contributed by atoms with Crippen molar-refractivity contribution in [3.8, 4) is 11.5 Å². The fraction of sp³-hybridized carbons (Fsp3) is 0.409. The van der Waals surface area contributed by atoms with Gasteiger partial charge in [-0.25, -0.2) is 8.42 Å². The van der Waals surface area contributed by atoms with Crippen LogP contribution in [0.25, 0.3) is 0 Å². The maximum atomic E-state index is 12.7. The van der Waals surface area contributed by atoms with Crippen LogP contribution in [0.3, 0.4) is 0 Å². The maximum absolute atomic E-state index is 12.7. The van der Waals surface area contributed by atoms with E-state index in [9.17, 15) is 13.2 Å². The number of rotatable bonds is 6. The average molecular weight is 431 g/mol. The van der Waals surface area contributed by atoms with Crippen molar-refractivity contribution < 1.29 is 22.7 Å². The summed E-state index contributed by atoms with van der Waals surface area (Å²) in [4.78, 5) is 14.5. The number of benzene rings is 2. The lowest BCUT2D eigenvalue weighted by atomic mass is 9.99. The van der Waals surface area contributed by atoms with E-state index >= 15 is 0 Å². The number of nitrogens with zero attached hydrogens (tertiary/aromatic N) is 2. The van der Waals surface area contributed by atoms with Crippen LogP contribution in [0.2, 0.25) is 0 Å². The molecule has 0 fully saturated rings. The summed E-state index contributed by atoms with van der Waals surface area (Å²) in [6, 6.07) is 13.3. The van der Waals surface area contributed by atoms with Crippen molar-refractivity contribution in [2.45, 2.75) is 25.8 Å². The third kappa shape index (κ3) is 4.53. The van der Waals surface area contributed by atoms with Crippen LogP contribution >= 0.6 is 0 Å². The van der Waals surface area contributed by atoms with E-state index in [2.05, 4.69) is 12.1 Å². The van der Waals surface area contributed by atoms with E-state index < -0.39 is 10.0 Å². The van der Waals surface area contributed by atoms with Gasteiger partial charge in [-0.05, 0) is 36.1 Å². The first kappa shape index (κ1) is 20.5. The van der Waals surface area contributed by atoms with Crippen LogP contribution in [-0.2, 0) is 27.8 Å². The van der Waals surface area contributed by atoms with E-state index in [0.717, 1.165) is 6.42 Å². The highest BCUT2D eigenvalue weighted by Crippen LogP contribution is 2.34. The van der Waals surface area contributed by atoms with Crippen LogP contribution in [0.1, 0.15) is 24.0 Å². The van der Waals surface area contributed by atoms with Gasteiger partial charge >= 0.3 is 0 Å². The number of anilines is 1. The van der Waals surface area contributed by atoms with Gasteiger partial charge in [-0.15, -0.1) is 0 Å². The average Bonchev–Trinajstić information content (AvgIpc) is 2.75. The highest BCUT2D eigenvalue weighted by molar-refractivity contribution is 7.92. The molecule has 0 aliphatic carbocycles. The number of carbonyl (C=O) groups is 1. The smallest absolute Gasteiger partial charge is 0.232 e. The first-order valence-corrected chi connectivity index (χ1v) is 12.0. The van der Waals surface area contributed by atoms with Gasteiger partial charge in [0.2, 0.25) is 15.9 Å². The van der Waals surface area contributed by atoms with Crippen LogP contribution in [0.5, 0.6) is 11.5 Å². The summed E-state index contributed by atoms with van der Waals surface area (Å²) < 4.78 is 37.1. The molecular weight excluding hydrogens is 404 g/mol. The second-order valence-corrected chi connectivity index (χ2v) is 9.51. The Morgan fingerprint density at radius 3 is 2.57 bits per heavy atom. The van der Waals surface area contributed by atoms with Gasteiger partial charge in [-0.2, -0.15) is 0 Å². The van der Waals surface area contributed by atoms with Crippen LogP contribution in [0.4, 0.5) is 5.69 Å². The summed E-state index contributed by atoms with van der Waals surface area (Å²) in [5, 5.41) is 0. The standard InChI is InChI=1S/C22H26N2O5S/c1-30(26,27)24(19-8-9-20-21(15-19)29-14-13-28-20)11-4-7-22(25)23-12-10-17-5-2-3-6-18(17)16-23/h2-3,5-6,8-9,15H,4,7,10-14,16H2,1H3. The zero-order valence-corrected chi connectivity index (χ0v) is 17.9. The number of amides is 1. The monoisotopic (exact) mass is 430 g/mol. The maximum Gasteiger partial charge on any atom is 0.232 e. The molecule has 0 N–H and O–H groups in total. The summed E-state index contributed by atoms with van der Waals surface area (Å²) in [5.74, 6) is 1.20. The predicted octanol–water partition coefficient (Wildman–Crippen LogP) is 2.59. The molecule has 2 aliphatic heterocycles. The van der Waals surface area contributed by atoms with Crippen molar-refractivity contribution in [3.63, 3.8) is 0 Å². The number of hydrogen-bond acceptors (Lipinski definition) is 5. The number of carbonyl (C=O) groups excluding carboxylic acids is 1. The minimum Gasteiger partial charge on any atom is -0.486 e. The Balaban J connectivity index is 1.39. The molecule has 0 saturated heterocycles. The summed E-state index contributed by atoms with van der Waals surface area (Å²) in [5.41, 5.74) is 3.00. The molecule has 0 atom stereocenters. The molecule has 2 aromatic carbocycles. The first-order chi connectivity index (χ1) is 14.4. The molecule has 4 rings (SSSR count). The Labute approximate surface area is 177 Å². The molecule has 0 unspecified atom stereocenters. The molecule has 0 saturated carbocycles. The summed E-state index contributed by atoms with van der Waals surface area (Å²) in [6.07, 6.45) is 2.78. The highest BCUT2D eigenvalue weighted by atomic mass is 32.2. The number of hydrogen-bond donors (Lipinski definition) is 0. The SMILES string of the molecule is CS(=O)(=O)N(CCCC(=O)N1CCc2ccccc2C1)c1ccc2c(c1)OCCO2. The molecule has 160 valence electrons. The Kier molecular flexibility index (Phi) is 5.85. The normalized spacial score (nSPS) is 15.4. The third-order valence-electron chi connectivity index (χ3n) is 5.45. The largest absolute Gasteiger partial charge is 0.486 e. The van der Waals surface area contributed by atoms with Crippen molar-refractivity contribution in [2.24, 2.45) is 0 Å². The Hall–Kier alpha value is -2.74. The van der Waals surface area contributed by atoms with Crippen molar-refractivity contribution >= 4 is 21.6 Å². The van der Waals surface area contributed by atoms with Gasteiger partial charge in [0.1, 0.15) is 13.2 Å². The predicted molar refractivity (Wildman–Crippen MR) is 114 cm³/mol. The molecule has 2 aromatic rings. The molecule has 2 aliphatic rings. The van der Waals surface area contributed by atoms with Gasteiger partial charge < -0.3 is 14.4 Å². The molecule has 2 heterocycles. The zero-order chi connectivity index (χ0) is 21.1. The number of fused-ring (bicyclic) bond motifs is 2. The minimum atomic E-state index is -3.50. The van der Waals surface area contributed by atoms with Crippen molar-refractivity contribution in [2.75, 3.05) is 36.9 Å². The molecule has 8 heteroatoms. The van der Waals surface area contributed by atoms with Gasteiger partial charge in [-0.3, -0.25) is 9.10 Å². The van der Waals surface area contributed by atoms with Gasteiger partial charge in [0.05, 0.1) is 11.9 Å². The molecule has 30 heavy (non-hydrogen) atoms. The molecular formula is C22H26N2O5S. The van der Waals surface area contributed by atoms with Crippen LogP contribution in [0, 0.1) is 0 Å². The number of ether oxygens (including phenoxy) is 2. The first-order valence-electron chi connectivity index (χ1n) is 10.1. The minimum absolute atomic E-state index is 0.0557. The Morgan fingerprint density at radius 2 is 1.80 bits per heavy atom. The van der Waals surface area contributed by atoms with Crippen LogP contribution in [-0.4, -0.2) is 51.8 Å². The van der Waals surface area contributed by atoms with Crippen LogP contribution in [0.15, 0.2) is 42.5 Å². The molecule has 0 spiro atoms. The summed E-state index contributed by atoms with van der Waals surface area (Å²) >= 11 is 0. The van der Waals surface area contributed by atoms with Gasteiger partial charge in [0.15, 0.2) is 11.5 Å². The zero-order valence-electron chi connectivity index (χ0n) is 17.0. The fourth-order valence-corrected chi connectivity index (χ4v) is 4.87. The van der Waals surface area contributed by atoms with Gasteiger partial charge in [-0.1, -0.05) is 24.3 Å². The van der Waals surface area contributed by atoms with Crippen LogP contribution < -0.4 is 13.8 Å². The molecule has 0 radical (unpaired) electrons. The lowest BCUT2D eigenvalue weighted by Gasteiger charge is -2.29. The van der Waals surface area contributed by atoms with E-state index in [1.54, 1.807) is 18.2 Å². The summed E-state index contributed by atoms with van der Waals surface area (Å²) in [6.45, 7) is 2.46. The van der Waals surface area contributed by atoms with E-state index in [4.69, 9.17) is 9.47 Å². The second-order valence-electron chi connectivity index (χ2n) is 7.60. The van der Waals surface area contributed by atoms with Crippen molar-refractivity contribution in [3.05, 3.63) is 53.6 Å². The quantitative estimate of drug-likeness (QED) is 0.704.